The van der Waals surface area contributed by atoms with Crippen LogP contribution in [0.2, 0.25) is 0 Å². The van der Waals surface area contributed by atoms with Crippen LogP contribution in [0.15, 0.2) is 58.5 Å². The number of phenolic OH excluding ortho intramolecular Hbond substituents is 2. The lowest BCUT2D eigenvalue weighted by Gasteiger charge is -2.33. The zero-order chi connectivity index (χ0) is 102. The molecule has 0 aliphatic carbocycles. The Labute approximate surface area is 795 Å². The highest BCUT2D eigenvalue weighted by Gasteiger charge is 2.43. The van der Waals surface area contributed by atoms with Crippen molar-refractivity contribution in [1.82, 2.24) is 90.4 Å². The van der Waals surface area contributed by atoms with Crippen LogP contribution in [0.3, 0.4) is 0 Å². The van der Waals surface area contributed by atoms with E-state index in [1.165, 1.54) is 69.3 Å². The number of nitrogens with zero attached hydrogens (tertiary/aromatic N) is 2. The number of benzene rings is 2. The van der Waals surface area contributed by atoms with Crippen LogP contribution in [0.25, 0.3) is 0 Å². The van der Waals surface area contributed by atoms with Crippen molar-refractivity contribution in [1.29, 1.82) is 0 Å². The predicted molar refractivity (Wildman–Crippen MR) is 506 cm³/mol. The minimum atomic E-state index is -1.98. The highest BCUT2D eigenvalue weighted by molar-refractivity contribution is 7.81. The number of thiol groups is 2. The molecule has 1 aliphatic heterocycles. The maximum Gasteiger partial charge on any atom is 0.326 e. The van der Waals surface area contributed by atoms with Crippen molar-refractivity contribution in [2.75, 3.05) is 51.6 Å². The molecule has 0 spiro atoms. The van der Waals surface area contributed by atoms with Gasteiger partial charge in [-0.05, 0) is 166 Å². The number of rotatable bonds is 63. The minimum absolute atomic E-state index is 0.00723. The summed E-state index contributed by atoms with van der Waals surface area (Å²) >= 11 is 8.95. The standard InChI is InChI=1S/C85H144N26O22S2/c1-11-44(6)64(108-74(124)58-38-51(116)40-97-58)78(128)110-66(46(8)113)80(130)104-59(36-47-19-23-49(114)24-20-47)76(126)111-67(85(9,10)135)81(131)105-60(39-63(88)117)75(125)100-53(17-14-32-95-83(89)90)68(118)101-57(29-35-94-43(4)5)73(123)109-65(45(7)112)79(129)103-55(27-31-87)71(121)98-52(16-12-13-30-86)70(120)107-62(41-134)77(127)102-56(28-34-93-42(2)3)72(122)99-54(18-15-33-96-84(91)92)69(119)106-61(82(132)133)37-48-21-25-50(115)26-22-48/h19-26,42-46,51-62,64-67,93-94,97,112-116,134-135H,11-18,27-41,86-87H2,1-10H3,(H2,88,117)(H,98,121)(H,99,122)(H,100,125)(H,101,118)(H,102,127)(H,103,129)(H,104,130)(H,105,131)(H,106,119)(H,107,120)(H,108,124)(H,109,123)(H,110,128)(H,111,126)(H,132,133)(H4,89,90,95)(H4,91,92,96)/t44-,45+,46+,51+,52-,53-,54-,55+,56-,57-,58-,59-,60-,61-,62-,64-,65-,66-,67+/m0/s1. The molecular weight excluding hydrogens is 1800 g/mol. The van der Waals surface area contributed by atoms with E-state index in [0.29, 0.717) is 24.0 Å². The molecule has 0 unspecified atom stereocenters. The molecule has 1 saturated heterocycles. The van der Waals surface area contributed by atoms with Gasteiger partial charge in [-0.1, -0.05) is 72.2 Å². The van der Waals surface area contributed by atoms with E-state index in [4.69, 9.17) is 40.1 Å². The summed E-state index contributed by atoms with van der Waals surface area (Å²) in [6.07, 6.45) is -6.20. The molecule has 1 fully saturated rings. The van der Waals surface area contributed by atoms with E-state index in [-0.39, 0.29) is 158 Å². The first-order valence-corrected chi connectivity index (χ1v) is 45.9. The summed E-state index contributed by atoms with van der Waals surface area (Å²) in [5.41, 5.74) is 40.5. The number of carbonyl (C=O) groups is 16. The number of unbranched alkanes of at least 4 members (excludes halogenated alkanes) is 1. The lowest BCUT2D eigenvalue weighted by atomic mass is 9.96. The summed E-state index contributed by atoms with van der Waals surface area (Å²) in [6.45, 7) is 15.5. The lowest BCUT2D eigenvalue weighted by molar-refractivity contribution is -0.142. The number of aromatic hydroxyl groups is 2. The first-order valence-electron chi connectivity index (χ1n) is 44.8. The molecule has 135 heavy (non-hydrogen) atoms. The van der Waals surface area contributed by atoms with E-state index in [0.717, 1.165) is 6.92 Å². The molecule has 48 nitrogen and oxygen atoms in total. The highest BCUT2D eigenvalue weighted by Crippen LogP contribution is 2.22. The zero-order valence-corrected chi connectivity index (χ0v) is 79.8. The number of aliphatic hydroxyl groups is 3. The second kappa shape index (κ2) is 60.1. The average Bonchev–Trinajstić information content (AvgIpc) is 1.18. The van der Waals surface area contributed by atoms with E-state index in [1.54, 1.807) is 27.7 Å². The molecule has 19 atom stereocenters. The van der Waals surface area contributed by atoms with E-state index in [2.05, 4.69) is 126 Å². The monoisotopic (exact) mass is 1950 g/mol. The molecule has 15 amide bonds. The molecule has 2 aromatic carbocycles. The zero-order valence-electron chi connectivity index (χ0n) is 78.1. The molecule has 0 radical (unpaired) electrons. The summed E-state index contributed by atoms with van der Waals surface area (Å²) in [7, 11) is 0. The van der Waals surface area contributed by atoms with Crippen molar-refractivity contribution in [3.05, 3.63) is 59.7 Å². The van der Waals surface area contributed by atoms with Crippen LogP contribution in [0.5, 0.6) is 11.5 Å². The average molecular weight is 1950 g/mol. The molecule has 0 aromatic heterocycles. The Morgan fingerprint density at radius 3 is 1.18 bits per heavy atom. The van der Waals surface area contributed by atoms with E-state index in [1.807, 2.05) is 13.8 Å². The Kier molecular flexibility index (Phi) is 52.3. The van der Waals surface area contributed by atoms with Gasteiger partial charge in [0, 0.05) is 55.1 Å². The van der Waals surface area contributed by atoms with Gasteiger partial charge in [0.2, 0.25) is 88.6 Å². The van der Waals surface area contributed by atoms with Crippen molar-refractivity contribution in [3.63, 3.8) is 0 Å². The summed E-state index contributed by atoms with van der Waals surface area (Å²) in [6, 6.07) is -13.1. The number of nitrogens with two attached hydrogens (primary N) is 7. The molecule has 1 aliphatic rings. The summed E-state index contributed by atoms with van der Waals surface area (Å²) in [5, 5.41) is 107. The third-order valence-corrected chi connectivity index (χ3v) is 22.1. The van der Waals surface area contributed by atoms with Gasteiger partial charge in [0.15, 0.2) is 11.9 Å². The number of β-amino-alcohol motifs (C(OH)–C–C–N with tert-alkyl or cyclic N) is 1. The Balaban J connectivity index is 1.99. The molecule has 1 heterocycles. The molecule has 37 N–H and O–H groups in total. The van der Waals surface area contributed by atoms with Crippen LogP contribution in [-0.4, -0.2) is 314 Å². The number of aliphatic imine (C=N–C) groups is 2. The van der Waals surface area contributed by atoms with E-state index in [9.17, 15) is 107 Å². The number of carboxylic acids is 1. The van der Waals surface area contributed by atoms with Gasteiger partial charge in [-0.15, -0.1) is 0 Å². The number of phenols is 2. The number of aliphatic carboxylic acids is 1. The highest BCUT2D eigenvalue weighted by atomic mass is 32.1. The maximum absolute atomic E-state index is 14.9. The number of primary amides is 1. The summed E-state index contributed by atoms with van der Waals surface area (Å²) in [5.74, 6) is -18.8. The number of guanidine groups is 2. The van der Waals surface area contributed by atoms with Crippen LogP contribution in [0.4, 0.5) is 0 Å². The molecule has 3 rings (SSSR count). The fourth-order valence-corrected chi connectivity index (χ4v) is 14.2. The van der Waals surface area contributed by atoms with E-state index >= 15 is 0 Å². The fraction of sp³-hybridized carbons (Fsp3) is 0.647. The number of carboxylic acid groups (broad SMARTS) is 1. The second-order valence-electron chi connectivity index (χ2n) is 34.4. The number of hydrogen-bond acceptors (Lipinski definition) is 30. The topological polar surface area (TPSA) is 806 Å². The van der Waals surface area contributed by atoms with E-state index < -0.39 is 226 Å². The Hall–Kier alpha value is -11.5. The smallest absolute Gasteiger partial charge is 0.326 e. The first-order chi connectivity index (χ1) is 63.4. The quantitative estimate of drug-likeness (QED) is 0.0127. The third-order valence-electron chi connectivity index (χ3n) is 21.5. The Morgan fingerprint density at radius 2 is 0.800 bits per heavy atom. The van der Waals surface area contributed by atoms with Gasteiger partial charge < -0.3 is 161 Å². The van der Waals surface area contributed by atoms with Gasteiger partial charge in [-0.25, -0.2) is 4.79 Å². The van der Waals surface area contributed by atoms with Crippen LogP contribution >= 0.6 is 25.3 Å². The predicted octanol–water partition coefficient (Wildman–Crippen LogP) is -8.84. The van der Waals surface area contributed by atoms with Crippen molar-refractivity contribution in [2.24, 2.45) is 56.0 Å². The Morgan fingerprint density at radius 1 is 0.444 bits per heavy atom. The van der Waals surface area contributed by atoms with Gasteiger partial charge >= 0.3 is 5.97 Å². The van der Waals surface area contributed by atoms with Gasteiger partial charge in [-0.3, -0.25) is 81.9 Å². The van der Waals surface area contributed by atoms with Gasteiger partial charge in [-0.2, -0.15) is 25.3 Å². The molecule has 50 heteroatoms. The van der Waals surface area contributed by atoms with Gasteiger partial charge in [0.25, 0.3) is 0 Å². The fourth-order valence-electron chi connectivity index (χ4n) is 13.7. The number of aliphatic hydroxyl groups excluding tert-OH is 3. The summed E-state index contributed by atoms with van der Waals surface area (Å²) in [4.78, 5) is 235. The van der Waals surface area contributed by atoms with Crippen LogP contribution in [0, 0.1) is 5.92 Å². The van der Waals surface area contributed by atoms with Crippen molar-refractivity contribution >= 4 is 132 Å². The van der Waals surface area contributed by atoms with Gasteiger partial charge in [0.1, 0.15) is 96.1 Å². The van der Waals surface area contributed by atoms with Gasteiger partial charge in [0.05, 0.1) is 30.8 Å². The third kappa shape index (κ3) is 43.8. The second-order valence-corrected chi connectivity index (χ2v) is 35.9. The normalized spacial score (nSPS) is 16.8. The first kappa shape index (κ1) is 118. The number of nitrogens with one attached hydrogen (secondary N) is 17. The maximum atomic E-state index is 14.9. The van der Waals surface area contributed by atoms with Crippen molar-refractivity contribution in [3.8, 4) is 11.5 Å². The SMILES string of the molecule is CC[C@H](C)[C@H](NC(=O)[C@@H]1C[C@@H](O)CN1)C(=O)N[C@H](C(=O)N[C@@H](Cc1ccc(O)cc1)C(=O)N[C@H](C(=O)N[C@@H](CC(N)=O)C(=O)N[C@@H](CCCN=C(N)N)C(=O)N[C@@H](CCNC(C)C)C(=O)N[C@H](C(=O)N[C@H](CCN)C(=O)N[C@@H](CCCCN)C(=O)N[C@@H](CS)C(=O)N[C@@H](CCNC(C)C)C(=O)N[C@@H](CCCN=C(N)N)C(=O)N[C@@H](Cc1ccc(O)cc1)C(=O)O)[C@@H](C)O)C(C)(C)S)[C@@H](C)O. The molecule has 758 valence electrons. The van der Waals surface area contributed by atoms with Crippen LogP contribution in [0.1, 0.15) is 164 Å². The largest absolute Gasteiger partial charge is 0.508 e. The molecular formula is C85H144N26O22S2. The molecule has 0 saturated carbocycles. The lowest BCUT2D eigenvalue weighted by Crippen LogP contribution is -2.64. The molecule has 0 bridgehead atoms. The van der Waals surface area contributed by atoms with Crippen molar-refractivity contribution < 1.29 is 107 Å². The number of carbonyl (C=O) groups excluding carboxylic acids is 15. The number of hydrogen-bond donors (Lipinski definition) is 32. The number of amides is 15. The Bertz CT molecular complexity index is 4280. The summed E-state index contributed by atoms with van der Waals surface area (Å²) < 4.78 is -1.61. The minimum Gasteiger partial charge on any atom is -0.508 e. The molecule has 2 aromatic rings. The van der Waals surface area contributed by atoms with Crippen LogP contribution < -0.4 is 131 Å². The van der Waals surface area contributed by atoms with Crippen molar-refractivity contribution in [2.45, 2.75) is 291 Å². The van der Waals surface area contributed by atoms with Crippen LogP contribution in [-0.2, 0) is 89.6 Å².